The number of carbonyl (C=O) groups is 3. The summed E-state index contributed by atoms with van der Waals surface area (Å²) in [6, 6.07) is 12.0. The van der Waals surface area contributed by atoms with Crippen molar-refractivity contribution in [1.82, 2.24) is 10.2 Å². The van der Waals surface area contributed by atoms with Gasteiger partial charge in [0.1, 0.15) is 17.8 Å². The van der Waals surface area contributed by atoms with E-state index in [1.165, 1.54) is 0 Å². The number of rotatable bonds is 6. The molecule has 1 aliphatic rings. The molecule has 7 nitrogen and oxygen atoms in total. The van der Waals surface area contributed by atoms with Crippen LogP contribution in [0.2, 0.25) is 0 Å². The van der Waals surface area contributed by atoms with Crippen LogP contribution in [0.3, 0.4) is 0 Å². The number of carbonyl (C=O) groups excluding carboxylic acids is 3. The summed E-state index contributed by atoms with van der Waals surface area (Å²) in [5, 5.41) is 5.55. The fourth-order valence-corrected chi connectivity index (χ4v) is 3.57. The Bertz CT molecular complexity index is 955. The summed E-state index contributed by atoms with van der Waals surface area (Å²) in [7, 11) is 1.56. The average molecular weight is 395 g/mol. The number of ether oxygens (including phenoxy) is 1. The van der Waals surface area contributed by atoms with Gasteiger partial charge >= 0.3 is 6.03 Å². The van der Waals surface area contributed by atoms with Crippen LogP contribution in [0.1, 0.15) is 30.0 Å². The molecule has 2 aromatic rings. The van der Waals surface area contributed by atoms with Crippen LogP contribution in [-0.4, -0.2) is 36.4 Å². The summed E-state index contributed by atoms with van der Waals surface area (Å²) in [6.45, 7) is 5.33. The number of hydrogen-bond acceptors (Lipinski definition) is 4. The maximum Gasteiger partial charge on any atom is 0.325 e. The third-order valence-corrected chi connectivity index (χ3v) is 5.25. The molecule has 152 valence electrons. The first kappa shape index (κ1) is 20.4. The zero-order chi connectivity index (χ0) is 21.2. The van der Waals surface area contributed by atoms with Crippen molar-refractivity contribution in [3.05, 3.63) is 59.2 Å². The summed E-state index contributed by atoms with van der Waals surface area (Å²) < 4.78 is 5.16. The van der Waals surface area contributed by atoms with E-state index >= 15 is 0 Å². The number of methoxy groups -OCH3 is 1. The standard InChI is InChI=1S/C22H25N3O4/c1-5-22(16-7-9-17(29-4)10-8-16)20(27)25(21(28)24-22)13-19(26)23-18-11-6-14(2)12-15(18)3/h6-12H,5,13H2,1-4H3,(H,23,26)(H,24,28)/t22-/m0/s1. The van der Waals surface area contributed by atoms with E-state index in [0.717, 1.165) is 16.0 Å². The minimum absolute atomic E-state index is 0.351. The number of nitrogens with zero attached hydrogens (tertiary/aromatic N) is 1. The highest BCUT2D eigenvalue weighted by atomic mass is 16.5. The van der Waals surface area contributed by atoms with Crippen molar-refractivity contribution < 1.29 is 19.1 Å². The van der Waals surface area contributed by atoms with E-state index in [4.69, 9.17) is 4.74 Å². The lowest BCUT2D eigenvalue weighted by Gasteiger charge is -2.26. The lowest BCUT2D eigenvalue weighted by atomic mass is 9.87. The van der Waals surface area contributed by atoms with Gasteiger partial charge in [-0.3, -0.25) is 14.5 Å². The molecule has 0 bridgehead atoms. The van der Waals surface area contributed by atoms with Gasteiger partial charge in [-0.15, -0.1) is 0 Å². The van der Waals surface area contributed by atoms with Crippen LogP contribution in [0.25, 0.3) is 0 Å². The Balaban J connectivity index is 1.79. The van der Waals surface area contributed by atoms with Gasteiger partial charge in [-0.25, -0.2) is 4.79 Å². The van der Waals surface area contributed by atoms with Crippen molar-refractivity contribution in [2.45, 2.75) is 32.7 Å². The van der Waals surface area contributed by atoms with E-state index in [1.807, 2.05) is 39.0 Å². The zero-order valence-corrected chi connectivity index (χ0v) is 17.0. The van der Waals surface area contributed by atoms with Gasteiger partial charge in [0, 0.05) is 5.69 Å². The van der Waals surface area contributed by atoms with E-state index in [1.54, 1.807) is 31.4 Å². The minimum atomic E-state index is -1.19. The van der Waals surface area contributed by atoms with Crippen LogP contribution in [0.15, 0.2) is 42.5 Å². The molecule has 2 N–H and O–H groups in total. The molecule has 1 fully saturated rings. The lowest BCUT2D eigenvalue weighted by molar-refractivity contribution is -0.134. The summed E-state index contributed by atoms with van der Waals surface area (Å²) in [4.78, 5) is 39.2. The van der Waals surface area contributed by atoms with Gasteiger partial charge in [0.15, 0.2) is 0 Å². The Kier molecular flexibility index (Phi) is 5.59. The molecule has 29 heavy (non-hydrogen) atoms. The molecule has 7 heteroatoms. The number of imide groups is 1. The molecule has 2 aromatic carbocycles. The second kappa shape index (κ2) is 7.95. The van der Waals surface area contributed by atoms with Gasteiger partial charge in [-0.2, -0.15) is 0 Å². The molecule has 1 atom stereocenters. The Hall–Kier alpha value is -3.35. The highest BCUT2D eigenvalue weighted by molar-refractivity contribution is 6.10. The molecule has 1 heterocycles. The number of amides is 4. The zero-order valence-electron chi connectivity index (χ0n) is 17.0. The predicted octanol–water partition coefficient (Wildman–Crippen LogP) is 3.11. The molecule has 0 saturated carbocycles. The maximum atomic E-state index is 13.2. The first-order valence-electron chi connectivity index (χ1n) is 9.46. The Morgan fingerprint density at radius 2 is 1.83 bits per heavy atom. The summed E-state index contributed by atoms with van der Waals surface area (Å²) >= 11 is 0. The van der Waals surface area contributed by atoms with E-state index in [9.17, 15) is 14.4 Å². The van der Waals surface area contributed by atoms with E-state index < -0.39 is 23.4 Å². The highest BCUT2D eigenvalue weighted by Crippen LogP contribution is 2.33. The molecule has 3 rings (SSSR count). The predicted molar refractivity (Wildman–Crippen MR) is 110 cm³/mol. The first-order chi connectivity index (χ1) is 13.8. The van der Waals surface area contributed by atoms with E-state index in [0.29, 0.717) is 23.4 Å². The first-order valence-corrected chi connectivity index (χ1v) is 9.46. The maximum absolute atomic E-state index is 13.2. The molecule has 0 spiro atoms. The van der Waals surface area contributed by atoms with Crippen LogP contribution >= 0.6 is 0 Å². The van der Waals surface area contributed by atoms with Crippen molar-refractivity contribution in [3.8, 4) is 5.75 Å². The summed E-state index contributed by atoms with van der Waals surface area (Å²) in [5.74, 6) is -0.213. The minimum Gasteiger partial charge on any atom is -0.497 e. The molecule has 1 saturated heterocycles. The van der Waals surface area contributed by atoms with Crippen molar-refractivity contribution in [2.24, 2.45) is 0 Å². The van der Waals surface area contributed by atoms with Gasteiger partial charge in [0.05, 0.1) is 7.11 Å². The fourth-order valence-electron chi connectivity index (χ4n) is 3.57. The van der Waals surface area contributed by atoms with Gasteiger partial charge in [-0.05, 0) is 49.6 Å². The number of anilines is 1. The molecule has 0 unspecified atom stereocenters. The molecule has 1 aliphatic heterocycles. The summed E-state index contributed by atoms with van der Waals surface area (Å²) in [6.07, 6.45) is 0.360. The van der Waals surface area contributed by atoms with Crippen LogP contribution in [0, 0.1) is 13.8 Å². The van der Waals surface area contributed by atoms with Crippen molar-refractivity contribution in [1.29, 1.82) is 0 Å². The second-order valence-electron chi connectivity index (χ2n) is 7.18. The van der Waals surface area contributed by atoms with Gasteiger partial charge < -0.3 is 15.4 Å². The summed E-state index contributed by atoms with van der Waals surface area (Å²) in [5.41, 5.74) is 2.11. The van der Waals surface area contributed by atoms with Gasteiger partial charge in [0.25, 0.3) is 5.91 Å². The van der Waals surface area contributed by atoms with E-state index in [2.05, 4.69) is 10.6 Å². The van der Waals surface area contributed by atoms with Gasteiger partial charge in [0.2, 0.25) is 5.91 Å². The number of nitrogens with one attached hydrogen (secondary N) is 2. The average Bonchev–Trinajstić information content (AvgIpc) is 2.95. The lowest BCUT2D eigenvalue weighted by Crippen LogP contribution is -2.44. The second-order valence-corrected chi connectivity index (χ2v) is 7.18. The normalized spacial score (nSPS) is 18.6. The Morgan fingerprint density at radius 1 is 1.14 bits per heavy atom. The highest BCUT2D eigenvalue weighted by Gasteiger charge is 2.51. The number of urea groups is 1. The Labute approximate surface area is 170 Å². The molecular weight excluding hydrogens is 370 g/mol. The fraction of sp³-hybridized carbons (Fsp3) is 0.318. The third-order valence-electron chi connectivity index (χ3n) is 5.25. The smallest absolute Gasteiger partial charge is 0.325 e. The van der Waals surface area contributed by atoms with Crippen molar-refractivity contribution in [3.63, 3.8) is 0 Å². The van der Waals surface area contributed by atoms with Gasteiger partial charge in [-0.1, -0.05) is 36.8 Å². The molecule has 0 aliphatic carbocycles. The molecular formula is C22H25N3O4. The number of hydrogen-bond donors (Lipinski definition) is 2. The Morgan fingerprint density at radius 3 is 2.41 bits per heavy atom. The largest absolute Gasteiger partial charge is 0.497 e. The SMILES string of the molecule is CC[C@@]1(c2ccc(OC)cc2)NC(=O)N(CC(=O)Nc2ccc(C)cc2C)C1=O. The quantitative estimate of drug-likeness (QED) is 0.736. The molecule has 0 aromatic heterocycles. The van der Waals surface area contributed by atoms with Crippen LogP contribution < -0.4 is 15.4 Å². The van der Waals surface area contributed by atoms with Crippen LogP contribution in [0.4, 0.5) is 10.5 Å². The van der Waals surface area contributed by atoms with Crippen molar-refractivity contribution >= 4 is 23.5 Å². The van der Waals surface area contributed by atoms with Crippen LogP contribution in [0.5, 0.6) is 5.75 Å². The monoisotopic (exact) mass is 395 g/mol. The number of aryl methyl sites for hydroxylation is 2. The van der Waals surface area contributed by atoms with E-state index in [-0.39, 0.29) is 6.54 Å². The molecule has 0 radical (unpaired) electrons. The topological polar surface area (TPSA) is 87.7 Å². The number of benzene rings is 2. The molecule has 4 amide bonds. The van der Waals surface area contributed by atoms with Crippen LogP contribution in [-0.2, 0) is 15.1 Å². The van der Waals surface area contributed by atoms with Crippen molar-refractivity contribution in [2.75, 3.05) is 19.0 Å². The third kappa shape index (κ3) is 3.81.